The van der Waals surface area contributed by atoms with E-state index in [1.807, 2.05) is 0 Å². The van der Waals surface area contributed by atoms with E-state index in [0.717, 1.165) is 0 Å². The first kappa shape index (κ1) is 11.3. The molecule has 0 saturated carbocycles. The van der Waals surface area contributed by atoms with Crippen LogP contribution in [0, 0.1) is 10.1 Å². The maximum Gasteiger partial charge on any atom is 0.259 e. The van der Waals surface area contributed by atoms with E-state index in [4.69, 9.17) is 34.8 Å². The SMILES string of the molecule is CCCC([N+](=O)[O-])C(Cl)(Cl)Cl. The molecule has 11 heavy (non-hydrogen) atoms. The molecule has 0 aromatic rings. The van der Waals surface area contributed by atoms with Crippen molar-refractivity contribution in [2.45, 2.75) is 29.6 Å². The lowest BCUT2D eigenvalue weighted by atomic mass is 10.2. The molecule has 1 atom stereocenters. The smallest absolute Gasteiger partial charge is 0.259 e. The van der Waals surface area contributed by atoms with Gasteiger partial charge in [-0.05, 0) is 6.42 Å². The second-order valence-electron chi connectivity index (χ2n) is 2.13. The van der Waals surface area contributed by atoms with Crippen molar-refractivity contribution >= 4 is 34.8 Å². The average Bonchev–Trinajstić information content (AvgIpc) is 1.79. The molecular formula is C5H8Cl3NO2. The summed E-state index contributed by atoms with van der Waals surface area (Å²) >= 11 is 16.1. The summed E-state index contributed by atoms with van der Waals surface area (Å²) in [6.45, 7) is 1.80. The third-order valence-corrected chi connectivity index (χ3v) is 1.95. The zero-order valence-electron chi connectivity index (χ0n) is 5.89. The van der Waals surface area contributed by atoms with Gasteiger partial charge in [-0.3, -0.25) is 10.1 Å². The fraction of sp³-hybridized carbons (Fsp3) is 1.00. The Morgan fingerprint density at radius 1 is 1.55 bits per heavy atom. The molecule has 1 unspecified atom stereocenters. The quantitative estimate of drug-likeness (QED) is 0.417. The Balaban J connectivity index is 4.22. The van der Waals surface area contributed by atoms with Crippen molar-refractivity contribution in [2.24, 2.45) is 0 Å². The fourth-order valence-corrected chi connectivity index (χ4v) is 1.23. The highest BCUT2D eigenvalue weighted by Crippen LogP contribution is 2.33. The first-order chi connectivity index (χ1) is 4.89. The van der Waals surface area contributed by atoms with Crippen molar-refractivity contribution in [1.29, 1.82) is 0 Å². The topological polar surface area (TPSA) is 43.1 Å². The highest BCUT2D eigenvalue weighted by atomic mass is 35.6. The van der Waals surface area contributed by atoms with Crippen LogP contribution < -0.4 is 0 Å². The standard InChI is InChI=1S/C5H8Cl3NO2/c1-2-3-4(9(10)11)5(6,7)8/h4H,2-3H2,1H3. The van der Waals surface area contributed by atoms with Gasteiger partial charge in [0.1, 0.15) is 0 Å². The number of rotatable bonds is 3. The Labute approximate surface area is 79.8 Å². The molecule has 0 N–H and O–H groups in total. The maximum absolute atomic E-state index is 10.3. The molecule has 0 aliphatic rings. The molecule has 0 fully saturated rings. The van der Waals surface area contributed by atoms with E-state index in [1.165, 1.54) is 0 Å². The Morgan fingerprint density at radius 3 is 2.09 bits per heavy atom. The van der Waals surface area contributed by atoms with Crippen LogP contribution in [0.25, 0.3) is 0 Å². The summed E-state index contributed by atoms with van der Waals surface area (Å²) in [6.07, 6.45) is 0.906. The van der Waals surface area contributed by atoms with E-state index in [1.54, 1.807) is 6.92 Å². The minimum absolute atomic E-state index is 0.281. The summed E-state index contributed by atoms with van der Waals surface area (Å²) in [5.74, 6) is 0. The lowest BCUT2D eigenvalue weighted by Gasteiger charge is -2.15. The molecule has 0 radical (unpaired) electrons. The van der Waals surface area contributed by atoms with Crippen LogP contribution in [0.2, 0.25) is 0 Å². The van der Waals surface area contributed by atoms with Crippen molar-refractivity contribution in [1.82, 2.24) is 0 Å². The molecule has 6 heteroatoms. The van der Waals surface area contributed by atoms with Gasteiger partial charge >= 0.3 is 0 Å². The number of alkyl halides is 3. The van der Waals surface area contributed by atoms with Crippen LogP contribution in [0.3, 0.4) is 0 Å². The molecule has 0 heterocycles. The normalized spacial score (nSPS) is 14.5. The summed E-state index contributed by atoms with van der Waals surface area (Å²) in [6, 6.07) is -1.10. The van der Waals surface area contributed by atoms with Crippen LogP contribution in [-0.4, -0.2) is 14.8 Å². The van der Waals surface area contributed by atoms with E-state index in [-0.39, 0.29) is 6.42 Å². The van der Waals surface area contributed by atoms with E-state index in [9.17, 15) is 10.1 Å². The molecule has 0 aromatic carbocycles. The molecule has 0 spiro atoms. The molecule has 0 aliphatic carbocycles. The van der Waals surface area contributed by atoms with Crippen LogP contribution in [-0.2, 0) is 0 Å². The molecular weight excluding hydrogens is 212 g/mol. The fourth-order valence-electron chi connectivity index (χ4n) is 0.662. The molecule has 3 nitrogen and oxygen atoms in total. The summed E-state index contributed by atoms with van der Waals surface area (Å²) in [7, 11) is 0. The van der Waals surface area contributed by atoms with Gasteiger partial charge in [0.15, 0.2) is 0 Å². The van der Waals surface area contributed by atoms with Gasteiger partial charge in [0.25, 0.3) is 9.83 Å². The second kappa shape index (κ2) is 4.33. The summed E-state index contributed by atoms with van der Waals surface area (Å²) in [4.78, 5) is 9.73. The van der Waals surface area contributed by atoms with Crippen molar-refractivity contribution in [2.75, 3.05) is 0 Å². The number of halogens is 3. The van der Waals surface area contributed by atoms with Crippen molar-refractivity contribution < 1.29 is 4.92 Å². The van der Waals surface area contributed by atoms with Gasteiger partial charge in [0.05, 0.1) is 0 Å². The Morgan fingerprint density at radius 2 is 2.00 bits per heavy atom. The van der Waals surface area contributed by atoms with Gasteiger partial charge in [-0.25, -0.2) is 0 Å². The Bertz CT molecular complexity index is 145. The van der Waals surface area contributed by atoms with Crippen LogP contribution in [0.5, 0.6) is 0 Å². The van der Waals surface area contributed by atoms with E-state index in [2.05, 4.69) is 0 Å². The van der Waals surface area contributed by atoms with Crippen LogP contribution >= 0.6 is 34.8 Å². The van der Waals surface area contributed by atoms with E-state index in [0.29, 0.717) is 6.42 Å². The van der Waals surface area contributed by atoms with Crippen molar-refractivity contribution in [3.05, 3.63) is 10.1 Å². The van der Waals surface area contributed by atoms with Gasteiger partial charge < -0.3 is 0 Å². The highest BCUT2D eigenvalue weighted by Gasteiger charge is 2.41. The predicted molar refractivity (Wildman–Crippen MR) is 46.0 cm³/mol. The lowest BCUT2D eigenvalue weighted by Crippen LogP contribution is -2.33. The van der Waals surface area contributed by atoms with Gasteiger partial charge in [-0.1, -0.05) is 41.7 Å². The van der Waals surface area contributed by atoms with Gasteiger partial charge in [0.2, 0.25) is 0 Å². The Kier molecular flexibility index (Phi) is 4.44. The van der Waals surface area contributed by atoms with Gasteiger partial charge in [-0.2, -0.15) is 0 Å². The third-order valence-electron chi connectivity index (χ3n) is 1.19. The molecule has 0 bridgehead atoms. The molecule has 0 amide bonds. The number of nitro groups is 1. The van der Waals surface area contributed by atoms with Gasteiger partial charge in [-0.15, -0.1) is 0 Å². The average molecular weight is 220 g/mol. The number of hydrogen-bond donors (Lipinski definition) is 0. The first-order valence-corrected chi connectivity index (χ1v) is 4.23. The summed E-state index contributed by atoms with van der Waals surface area (Å²) in [5, 5.41) is 10.3. The molecule has 66 valence electrons. The minimum Gasteiger partial charge on any atom is -0.264 e. The van der Waals surface area contributed by atoms with Gasteiger partial charge in [0, 0.05) is 11.3 Å². The largest absolute Gasteiger partial charge is 0.264 e. The minimum atomic E-state index is -1.79. The zero-order valence-corrected chi connectivity index (χ0v) is 8.16. The van der Waals surface area contributed by atoms with Crippen LogP contribution in [0.15, 0.2) is 0 Å². The van der Waals surface area contributed by atoms with E-state index >= 15 is 0 Å². The van der Waals surface area contributed by atoms with Crippen LogP contribution in [0.1, 0.15) is 19.8 Å². The number of nitrogens with zero attached hydrogens (tertiary/aromatic N) is 1. The van der Waals surface area contributed by atoms with Crippen molar-refractivity contribution in [3.8, 4) is 0 Å². The zero-order chi connectivity index (χ0) is 9.07. The monoisotopic (exact) mass is 219 g/mol. The molecule has 0 saturated heterocycles. The second-order valence-corrected chi connectivity index (χ2v) is 4.50. The third kappa shape index (κ3) is 3.99. The predicted octanol–water partition coefficient (Wildman–Crippen LogP) is 2.80. The highest BCUT2D eigenvalue weighted by molar-refractivity contribution is 6.68. The lowest BCUT2D eigenvalue weighted by molar-refractivity contribution is -0.522. The van der Waals surface area contributed by atoms with E-state index < -0.39 is 14.8 Å². The summed E-state index contributed by atoms with van der Waals surface area (Å²) in [5.41, 5.74) is 0. The molecule has 0 aliphatic heterocycles. The number of hydrogen-bond acceptors (Lipinski definition) is 2. The molecule has 0 rings (SSSR count). The maximum atomic E-state index is 10.3. The molecule has 0 aromatic heterocycles. The first-order valence-electron chi connectivity index (χ1n) is 3.09. The summed E-state index contributed by atoms with van der Waals surface area (Å²) < 4.78 is -1.79. The Hall–Kier alpha value is 0.270. The van der Waals surface area contributed by atoms with Crippen molar-refractivity contribution in [3.63, 3.8) is 0 Å². The van der Waals surface area contributed by atoms with Crippen LogP contribution in [0.4, 0.5) is 0 Å².